The summed E-state index contributed by atoms with van der Waals surface area (Å²) in [5.41, 5.74) is -0.386. The van der Waals surface area contributed by atoms with Gasteiger partial charge in [-0.15, -0.1) is 0 Å². The smallest absolute Gasteiger partial charge is 0.444 e. The topological polar surface area (TPSA) is 69.7 Å². The Kier molecular flexibility index (Phi) is 5.30. The molecule has 1 saturated heterocycles. The molecule has 0 radical (unpaired) electrons. The molecule has 7 heteroatoms. The van der Waals surface area contributed by atoms with Crippen molar-refractivity contribution >= 4 is 25.1 Å². The molecule has 1 aromatic rings. The van der Waals surface area contributed by atoms with E-state index < -0.39 is 18.8 Å². The van der Waals surface area contributed by atoms with Crippen LogP contribution in [0, 0.1) is 0 Å². The fraction of sp³-hybridized carbons (Fsp3) is 0.556. The second kappa shape index (κ2) is 6.80. The van der Waals surface area contributed by atoms with Crippen molar-refractivity contribution in [3.63, 3.8) is 0 Å². The van der Waals surface area contributed by atoms with Crippen LogP contribution in [-0.2, 0) is 14.0 Å². The lowest BCUT2D eigenvalue weighted by atomic mass is 9.89. The lowest BCUT2D eigenvalue weighted by Gasteiger charge is -2.32. The van der Waals surface area contributed by atoms with Crippen LogP contribution >= 0.6 is 0 Å². The molecule has 1 N–H and O–H groups in total. The summed E-state index contributed by atoms with van der Waals surface area (Å²) in [6.07, 6.45) is 3.02. The number of anilines is 1. The third kappa shape index (κ3) is 5.31. The van der Waals surface area contributed by atoms with E-state index in [9.17, 15) is 4.79 Å². The molecule has 0 unspecified atom stereocenters. The lowest BCUT2D eigenvalue weighted by molar-refractivity contribution is 0.00578. The molecule has 0 saturated carbocycles. The van der Waals surface area contributed by atoms with Gasteiger partial charge < -0.3 is 14.0 Å². The number of aromatic nitrogens is 1. The quantitative estimate of drug-likeness (QED) is 0.836. The van der Waals surface area contributed by atoms with Crippen molar-refractivity contribution in [2.75, 3.05) is 5.32 Å². The first-order valence-electron chi connectivity index (χ1n) is 8.38. The molecule has 25 heavy (non-hydrogen) atoms. The third-order valence-electron chi connectivity index (χ3n) is 4.13. The number of ether oxygens (including phenoxy) is 1. The molecular weight excluding hydrogens is 319 g/mol. The van der Waals surface area contributed by atoms with Crippen LogP contribution in [0.15, 0.2) is 24.3 Å². The first-order chi connectivity index (χ1) is 11.4. The van der Waals surface area contributed by atoms with Crippen LogP contribution in [-0.4, -0.2) is 35.0 Å². The Bertz CT molecular complexity index is 632. The normalized spacial score (nSPS) is 19.2. The average Bonchev–Trinajstić information content (AvgIpc) is 2.64. The van der Waals surface area contributed by atoms with Gasteiger partial charge in [0.2, 0.25) is 0 Å². The van der Waals surface area contributed by atoms with Crippen molar-refractivity contribution in [3.8, 4) is 0 Å². The van der Waals surface area contributed by atoms with Crippen LogP contribution in [0.3, 0.4) is 0 Å². The van der Waals surface area contributed by atoms with E-state index in [-0.39, 0.29) is 11.2 Å². The molecule has 0 aromatic carbocycles. The highest BCUT2D eigenvalue weighted by Gasteiger charge is 2.49. The fourth-order valence-corrected chi connectivity index (χ4v) is 2.14. The van der Waals surface area contributed by atoms with Gasteiger partial charge in [0, 0.05) is 6.20 Å². The predicted molar refractivity (Wildman–Crippen MR) is 99.2 cm³/mol. The second-order valence-electron chi connectivity index (χ2n) is 8.09. The van der Waals surface area contributed by atoms with Crippen molar-refractivity contribution < 1.29 is 18.8 Å². The van der Waals surface area contributed by atoms with Gasteiger partial charge in [0.15, 0.2) is 0 Å². The van der Waals surface area contributed by atoms with Crippen molar-refractivity contribution in [1.82, 2.24) is 4.98 Å². The Balaban J connectivity index is 1.94. The van der Waals surface area contributed by atoms with Crippen LogP contribution in [0.5, 0.6) is 0 Å². The van der Waals surface area contributed by atoms with Crippen LogP contribution in [0.4, 0.5) is 10.6 Å². The minimum atomic E-state index is -0.546. The number of nitrogens with one attached hydrogen (secondary N) is 1. The zero-order valence-corrected chi connectivity index (χ0v) is 16.0. The highest BCUT2D eigenvalue weighted by atomic mass is 16.7. The molecule has 0 bridgehead atoms. The molecule has 1 amide bonds. The number of carbonyl (C=O) groups excluding carboxylic acids is 1. The summed E-state index contributed by atoms with van der Waals surface area (Å²) in [6, 6.07) is 3.56. The maximum absolute atomic E-state index is 11.7. The SMILES string of the molecule is CC(C)(C)OC(=O)Nc1ccc(/C=C/B2OC(C)(C)C(C)(C)O2)cn1. The molecule has 2 rings (SSSR count). The van der Waals surface area contributed by atoms with Gasteiger partial charge in [0.25, 0.3) is 0 Å². The van der Waals surface area contributed by atoms with Gasteiger partial charge in [-0.05, 0) is 66.2 Å². The van der Waals surface area contributed by atoms with E-state index in [1.165, 1.54) is 0 Å². The third-order valence-corrected chi connectivity index (χ3v) is 4.13. The minimum Gasteiger partial charge on any atom is -0.444 e. The molecule has 0 atom stereocenters. The van der Waals surface area contributed by atoms with Crippen molar-refractivity contribution in [2.24, 2.45) is 0 Å². The van der Waals surface area contributed by atoms with E-state index >= 15 is 0 Å². The molecule has 2 heterocycles. The predicted octanol–water partition coefficient (Wildman–Crippen LogP) is 4.07. The fourth-order valence-electron chi connectivity index (χ4n) is 2.14. The number of hydrogen-bond acceptors (Lipinski definition) is 5. The first kappa shape index (κ1) is 19.5. The summed E-state index contributed by atoms with van der Waals surface area (Å²) >= 11 is 0. The summed E-state index contributed by atoms with van der Waals surface area (Å²) in [4.78, 5) is 15.9. The van der Waals surface area contributed by atoms with Gasteiger partial charge >= 0.3 is 13.2 Å². The standard InChI is InChI=1S/C18H27BN2O4/c1-16(2,3)23-15(22)21-14-9-8-13(12-20-14)10-11-19-24-17(4,5)18(6,7)25-19/h8-12H,1-7H3,(H,20,21,22)/b11-10+. The molecule has 0 spiro atoms. The van der Waals surface area contributed by atoms with Crippen LogP contribution < -0.4 is 5.32 Å². The zero-order chi connectivity index (χ0) is 18.9. The lowest BCUT2D eigenvalue weighted by Crippen LogP contribution is -2.41. The number of carbonyl (C=O) groups is 1. The molecule has 0 aliphatic carbocycles. The summed E-state index contributed by atoms with van der Waals surface area (Å²) in [7, 11) is -0.399. The number of hydrogen-bond donors (Lipinski definition) is 1. The van der Waals surface area contributed by atoms with E-state index in [0.29, 0.717) is 5.82 Å². The monoisotopic (exact) mass is 346 g/mol. The minimum absolute atomic E-state index is 0.360. The summed E-state index contributed by atoms with van der Waals surface area (Å²) < 4.78 is 17.0. The van der Waals surface area contributed by atoms with Gasteiger partial charge in [-0.3, -0.25) is 5.32 Å². The Morgan fingerprint density at radius 1 is 1.20 bits per heavy atom. The number of amides is 1. The van der Waals surface area contributed by atoms with Crippen LogP contribution in [0.2, 0.25) is 0 Å². The van der Waals surface area contributed by atoms with Gasteiger partial charge in [-0.1, -0.05) is 12.1 Å². The maximum Gasteiger partial charge on any atom is 0.487 e. The Hall–Kier alpha value is -1.86. The first-order valence-corrected chi connectivity index (χ1v) is 8.38. The Labute approximate surface area is 150 Å². The largest absolute Gasteiger partial charge is 0.487 e. The van der Waals surface area contributed by atoms with Crippen molar-refractivity contribution in [2.45, 2.75) is 65.3 Å². The summed E-state index contributed by atoms with van der Waals surface area (Å²) in [5.74, 6) is 2.29. The van der Waals surface area contributed by atoms with Crippen molar-refractivity contribution in [1.29, 1.82) is 0 Å². The van der Waals surface area contributed by atoms with Gasteiger partial charge in [0.1, 0.15) is 11.4 Å². The molecule has 6 nitrogen and oxygen atoms in total. The number of rotatable bonds is 3. The second-order valence-corrected chi connectivity index (χ2v) is 8.09. The zero-order valence-electron chi connectivity index (χ0n) is 16.0. The van der Waals surface area contributed by atoms with Crippen molar-refractivity contribution in [3.05, 3.63) is 29.9 Å². The van der Waals surface area contributed by atoms with E-state index in [1.807, 2.05) is 66.6 Å². The molecular formula is C18H27BN2O4. The van der Waals surface area contributed by atoms with Gasteiger partial charge in [-0.2, -0.15) is 0 Å². The molecule has 1 aliphatic heterocycles. The van der Waals surface area contributed by atoms with E-state index in [1.54, 1.807) is 12.3 Å². The molecule has 1 aromatic heterocycles. The van der Waals surface area contributed by atoms with Crippen LogP contribution in [0.1, 0.15) is 54.0 Å². The van der Waals surface area contributed by atoms with Gasteiger partial charge in [-0.25, -0.2) is 9.78 Å². The van der Waals surface area contributed by atoms with Crippen LogP contribution in [0.25, 0.3) is 6.08 Å². The van der Waals surface area contributed by atoms with Gasteiger partial charge in [0.05, 0.1) is 11.2 Å². The molecule has 1 fully saturated rings. The maximum atomic E-state index is 11.7. The highest BCUT2D eigenvalue weighted by molar-refractivity contribution is 6.52. The molecule has 1 aliphatic rings. The Morgan fingerprint density at radius 2 is 1.80 bits per heavy atom. The summed E-state index contributed by atoms with van der Waals surface area (Å²) in [6.45, 7) is 13.5. The highest BCUT2D eigenvalue weighted by Crippen LogP contribution is 2.37. The number of nitrogens with zero attached hydrogens (tertiary/aromatic N) is 1. The number of pyridine rings is 1. The average molecular weight is 346 g/mol. The van der Waals surface area contributed by atoms with E-state index in [2.05, 4.69) is 10.3 Å². The molecule has 136 valence electrons. The van der Waals surface area contributed by atoms with E-state index in [0.717, 1.165) is 5.56 Å². The van der Waals surface area contributed by atoms with E-state index in [4.69, 9.17) is 14.0 Å². The Morgan fingerprint density at radius 3 is 2.28 bits per heavy atom. The summed E-state index contributed by atoms with van der Waals surface area (Å²) in [5, 5.41) is 2.60.